The largest absolute Gasteiger partial charge is 0.480 e. The normalized spacial score (nSPS) is 12.2. The van der Waals surface area contributed by atoms with Crippen LogP contribution < -0.4 is 14.8 Å². The van der Waals surface area contributed by atoms with Crippen LogP contribution in [0.3, 0.4) is 0 Å². The highest BCUT2D eigenvalue weighted by Gasteiger charge is 2.17. The number of aromatic nitrogens is 2. The summed E-state index contributed by atoms with van der Waals surface area (Å²) >= 11 is 0. The van der Waals surface area contributed by atoms with Gasteiger partial charge in [-0.15, -0.1) is 0 Å². The molecule has 1 aromatic rings. The Balaban J connectivity index is 2.93. The number of methoxy groups -OCH3 is 2. The Morgan fingerprint density at radius 3 is 2.65 bits per heavy atom. The third-order valence-electron chi connectivity index (χ3n) is 2.67. The smallest absolute Gasteiger partial charge is 0.240 e. The minimum Gasteiger partial charge on any atom is -0.480 e. The van der Waals surface area contributed by atoms with Crippen molar-refractivity contribution in [3.63, 3.8) is 0 Å². The van der Waals surface area contributed by atoms with Gasteiger partial charge in [-0.2, -0.15) is 4.98 Å². The van der Waals surface area contributed by atoms with E-state index in [0.717, 1.165) is 25.0 Å². The van der Waals surface area contributed by atoms with Gasteiger partial charge in [-0.3, -0.25) is 0 Å². The molecule has 1 N–H and O–H groups in total. The fraction of sp³-hybridized carbons (Fsp3) is 0.667. The molecule has 0 aliphatic heterocycles. The standard InChI is InChI=1S/C12H21N3O2/c1-5-6-7-9(13-2)11-12(17-4)15-10(16-3)8-14-11/h8-9,13H,5-7H2,1-4H3. The lowest BCUT2D eigenvalue weighted by Crippen LogP contribution is -2.19. The summed E-state index contributed by atoms with van der Waals surface area (Å²) in [6, 6.07) is 0.170. The van der Waals surface area contributed by atoms with E-state index in [0.29, 0.717) is 11.8 Å². The van der Waals surface area contributed by atoms with E-state index < -0.39 is 0 Å². The minimum absolute atomic E-state index is 0.170. The molecule has 17 heavy (non-hydrogen) atoms. The Kier molecular flexibility index (Phi) is 5.69. The van der Waals surface area contributed by atoms with E-state index in [1.807, 2.05) is 7.05 Å². The number of nitrogens with zero attached hydrogens (tertiary/aromatic N) is 2. The van der Waals surface area contributed by atoms with E-state index in [1.165, 1.54) is 0 Å². The first kappa shape index (κ1) is 13.7. The zero-order chi connectivity index (χ0) is 12.7. The molecule has 1 aromatic heterocycles. The van der Waals surface area contributed by atoms with Crippen molar-refractivity contribution < 1.29 is 9.47 Å². The van der Waals surface area contributed by atoms with Gasteiger partial charge in [0.05, 0.1) is 26.5 Å². The molecule has 5 nitrogen and oxygen atoms in total. The zero-order valence-electron chi connectivity index (χ0n) is 11.0. The molecule has 0 amide bonds. The second kappa shape index (κ2) is 7.06. The first-order chi connectivity index (χ1) is 8.26. The van der Waals surface area contributed by atoms with Crippen molar-refractivity contribution >= 4 is 0 Å². The molecular formula is C12H21N3O2. The van der Waals surface area contributed by atoms with Crippen LogP contribution in [0.15, 0.2) is 6.20 Å². The van der Waals surface area contributed by atoms with Gasteiger partial charge >= 0.3 is 0 Å². The summed E-state index contributed by atoms with van der Waals surface area (Å²) in [4.78, 5) is 8.61. The van der Waals surface area contributed by atoms with Gasteiger partial charge in [-0.25, -0.2) is 4.98 Å². The van der Waals surface area contributed by atoms with Crippen LogP contribution in [-0.4, -0.2) is 31.2 Å². The highest BCUT2D eigenvalue weighted by Crippen LogP contribution is 2.26. The Morgan fingerprint density at radius 2 is 2.12 bits per heavy atom. The Bertz CT molecular complexity index is 345. The van der Waals surface area contributed by atoms with E-state index in [9.17, 15) is 0 Å². The molecule has 1 unspecified atom stereocenters. The lowest BCUT2D eigenvalue weighted by molar-refractivity contribution is 0.348. The van der Waals surface area contributed by atoms with E-state index in [2.05, 4.69) is 22.2 Å². The van der Waals surface area contributed by atoms with Crippen molar-refractivity contribution in [2.24, 2.45) is 0 Å². The van der Waals surface area contributed by atoms with Gasteiger partial charge in [0, 0.05) is 0 Å². The molecule has 0 bridgehead atoms. The first-order valence-electron chi connectivity index (χ1n) is 5.89. The molecule has 0 fully saturated rings. The first-order valence-corrected chi connectivity index (χ1v) is 5.89. The van der Waals surface area contributed by atoms with Crippen molar-refractivity contribution in [3.05, 3.63) is 11.9 Å². The predicted octanol–water partition coefficient (Wildman–Crippen LogP) is 1.94. The fourth-order valence-corrected chi connectivity index (χ4v) is 1.68. The summed E-state index contributed by atoms with van der Waals surface area (Å²) in [5, 5.41) is 3.24. The highest BCUT2D eigenvalue weighted by atomic mass is 16.5. The van der Waals surface area contributed by atoms with E-state index >= 15 is 0 Å². The molecule has 1 heterocycles. The summed E-state index contributed by atoms with van der Waals surface area (Å²) in [5.74, 6) is 0.996. The Labute approximate surface area is 103 Å². The molecule has 0 aromatic carbocycles. The average molecular weight is 239 g/mol. The van der Waals surface area contributed by atoms with Crippen LogP contribution in [0.25, 0.3) is 0 Å². The van der Waals surface area contributed by atoms with Crippen LogP contribution in [-0.2, 0) is 0 Å². The maximum atomic E-state index is 5.26. The van der Waals surface area contributed by atoms with Crippen molar-refractivity contribution in [1.29, 1.82) is 0 Å². The summed E-state index contributed by atoms with van der Waals surface area (Å²) in [6.45, 7) is 2.17. The van der Waals surface area contributed by atoms with Gasteiger partial charge in [0.15, 0.2) is 0 Å². The molecule has 0 spiro atoms. The number of rotatable bonds is 7. The van der Waals surface area contributed by atoms with Crippen LogP contribution >= 0.6 is 0 Å². The zero-order valence-corrected chi connectivity index (χ0v) is 11.0. The Morgan fingerprint density at radius 1 is 1.35 bits per heavy atom. The number of hydrogen-bond acceptors (Lipinski definition) is 5. The summed E-state index contributed by atoms with van der Waals surface area (Å²) in [6.07, 6.45) is 4.94. The molecular weight excluding hydrogens is 218 g/mol. The molecule has 5 heteroatoms. The van der Waals surface area contributed by atoms with Gasteiger partial charge in [0.1, 0.15) is 5.69 Å². The van der Waals surface area contributed by atoms with Gasteiger partial charge < -0.3 is 14.8 Å². The van der Waals surface area contributed by atoms with Crippen molar-refractivity contribution in [2.75, 3.05) is 21.3 Å². The van der Waals surface area contributed by atoms with Crippen molar-refractivity contribution in [3.8, 4) is 11.8 Å². The predicted molar refractivity (Wildman–Crippen MR) is 66.5 cm³/mol. The topological polar surface area (TPSA) is 56.3 Å². The van der Waals surface area contributed by atoms with Gasteiger partial charge in [0.25, 0.3) is 0 Å². The monoisotopic (exact) mass is 239 g/mol. The molecule has 0 saturated heterocycles. The summed E-state index contributed by atoms with van der Waals surface area (Å²) in [7, 11) is 5.08. The Hall–Kier alpha value is -1.36. The van der Waals surface area contributed by atoms with Gasteiger partial charge in [-0.05, 0) is 13.5 Å². The van der Waals surface area contributed by atoms with Gasteiger partial charge in [0.2, 0.25) is 11.8 Å². The van der Waals surface area contributed by atoms with Crippen LogP contribution in [0, 0.1) is 0 Å². The van der Waals surface area contributed by atoms with Crippen LogP contribution in [0.4, 0.5) is 0 Å². The molecule has 0 aliphatic carbocycles. The lowest BCUT2D eigenvalue weighted by Gasteiger charge is -2.17. The number of ether oxygens (including phenoxy) is 2. The second-order valence-electron chi connectivity index (χ2n) is 3.79. The number of hydrogen-bond donors (Lipinski definition) is 1. The molecule has 0 saturated carbocycles. The lowest BCUT2D eigenvalue weighted by atomic mass is 10.1. The van der Waals surface area contributed by atoms with E-state index in [-0.39, 0.29) is 6.04 Å². The third-order valence-corrected chi connectivity index (χ3v) is 2.67. The SMILES string of the molecule is CCCCC(NC)c1ncc(OC)nc1OC. The van der Waals surface area contributed by atoms with Crippen LogP contribution in [0.1, 0.15) is 37.9 Å². The summed E-state index contributed by atoms with van der Waals surface area (Å²) in [5.41, 5.74) is 0.837. The maximum Gasteiger partial charge on any atom is 0.240 e. The average Bonchev–Trinajstić information content (AvgIpc) is 2.39. The van der Waals surface area contributed by atoms with Crippen LogP contribution in [0.2, 0.25) is 0 Å². The van der Waals surface area contributed by atoms with Gasteiger partial charge in [-0.1, -0.05) is 19.8 Å². The summed E-state index contributed by atoms with van der Waals surface area (Å²) < 4.78 is 10.3. The minimum atomic E-state index is 0.170. The van der Waals surface area contributed by atoms with Crippen LogP contribution in [0.5, 0.6) is 11.8 Å². The van der Waals surface area contributed by atoms with E-state index in [4.69, 9.17) is 9.47 Å². The molecule has 0 radical (unpaired) electrons. The number of nitrogens with one attached hydrogen (secondary N) is 1. The number of unbranched alkanes of at least 4 members (excludes halogenated alkanes) is 1. The quantitative estimate of drug-likeness (QED) is 0.788. The molecule has 0 aliphatic rings. The molecule has 96 valence electrons. The second-order valence-corrected chi connectivity index (χ2v) is 3.79. The third kappa shape index (κ3) is 3.56. The maximum absolute atomic E-state index is 5.26. The highest BCUT2D eigenvalue weighted by molar-refractivity contribution is 5.25. The molecule has 1 rings (SSSR count). The molecule has 1 atom stereocenters. The fourth-order valence-electron chi connectivity index (χ4n) is 1.68. The van der Waals surface area contributed by atoms with E-state index in [1.54, 1.807) is 20.4 Å². The van der Waals surface area contributed by atoms with Crippen molar-refractivity contribution in [1.82, 2.24) is 15.3 Å². The van der Waals surface area contributed by atoms with Crippen molar-refractivity contribution in [2.45, 2.75) is 32.2 Å².